The van der Waals surface area contributed by atoms with Crippen LogP contribution in [0, 0.1) is 0 Å². The summed E-state index contributed by atoms with van der Waals surface area (Å²) in [5.74, 6) is 1.03. The molecule has 0 fully saturated rings. The molecule has 100 valence electrons. The van der Waals surface area contributed by atoms with Gasteiger partial charge in [0.1, 0.15) is 11.4 Å². The van der Waals surface area contributed by atoms with Crippen molar-refractivity contribution in [1.82, 2.24) is 5.32 Å². The molecule has 1 aromatic rings. The molecule has 0 saturated heterocycles. The average Bonchev–Trinajstić information content (AvgIpc) is 2.58. The van der Waals surface area contributed by atoms with E-state index in [0.29, 0.717) is 12.1 Å². The van der Waals surface area contributed by atoms with Crippen LogP contribution in [0.15, 0.2) is 24.3 Å². The summed E-state index contributed by atoms with van der Waals surface area (Å²) >= 11 is 0. The number of benzene rings is 1. The van der Waals surface area contributed by atoms with Crippen molar-refractivity contribution in [3.63, 3.8) is 0 Å². The maximum atomic E-state index is 6.05. The molecule has 1 aliphatic rings. The Morgan fingerprint density at radius 3 is 2.78 bits per heavy atom. The summed E-state index contributed by atoms with van der Waals surface area (Å²) in [6.07, 6.45) is 3.77. The van der Waals surface area contributed by atoms with Crippen molar-refractivity contribution in [2.75, 3.05) is 0 Å². The van der Waals surface area contributed by atoms with Crippen LogP contribution in [0.3, 0.4) is 0 Å². The molecule has 1 N–H and O–H groups in total. The second-order valence-electron chi connectivity index (χ2n) is 5.89. The number of rotatable bonds is 5. The number of ether oxygens (including phenoxy) is 1. The van der Waals surface area contributed by atoms with Gasteiger partial charge in [0.2, 0.25) is 0 Å². The van der Waals surface area contributed by atoms with Gasteiger partial charge in [0.15, 0.2) is 0 Å². The van der Waals surface area contributed by atoms with Crippen molar-refractivity contribution < 1.29 is 4.74 Å². The lowest BCUT2D eigenvalue weighted by Gasteiger charge is -2.30. The number of nitrogens with one attached hydrogen (secondary N) is 1. The van der Waals surface area contributed by atoms with Crippen LogP contribution >= 0.6 is 0 Å². The van der Waals surface area contributed by atoms with Gasteiger partial charge in [-0.15, -0.1) is 0 Å². The molecule has 2 unspecified atom stereocenters. The molecule has 1 aromatic carbocycles. The molecule has 0 spiro atoms. The van der Waals surface area contributed by atoms with Crippen LogP contribution in [-0.2, 0) is 0 Å². The van der Waals surface area contributed by atoms with Gasteiger partial charge in [0.05, 0.1) is 6.04 Å². The third kappa shape index (κ3) is 2.69. The van der Waals surface area contributed by atoms with Crippen LogP contribution in [0.1, 0.15) is 58.6 Å². The SMILES string of the molecule is CCCCC(C)NC1c2ccccc2OC1(C)C. The van der Waals surface area contributed by atoms with Gasteiger partial charge in [-0.25, -0.2) is 0 Å². The molecule has 2 rings (SSSR count). The molecule has 2 atom stereocenters. The second-order valence-corrected chi connectivity index (χ2v) is 5.89. The predicted molar refractivity (Wildman–Crippen MR) is 76.0 cm³/mol. The molecule has 2 nitrogen and oxygen atoms in total. The summed E-state index contributed by atoms with van der Waals surface area (Å²) in [7, 11) is 0. The van der Waals surface area contributed by atoms with Crippen molar-refractivity contribution >= 4 is 0 Å². The number of hydrogen-bond acceptors (Lipinski definition) is 2. The van der Waals surface area contributed by atoms with E-state index in [1.54, 1.807) is 0 Å². The summed E-state index contributed by atoms with van der Waals surface area (Å²) in [6.45, 7) is 8.84. The van der Waals surface area contributed by atoms with Gasteiger partial charge in [-0.05, 0) is 33.3 Å². The summed E-state index contributed by atoms with van der Waals surface area (Å²) < 4.78 is 6.05. The topological polar surface area (TPSA) is 21.3 Å². The van der Waals surface area contributed by atoms with Gasteiger partial charge in [-0.1, -0.05) is 38.0 Å². The molecule has 0 aromatic heterocycles. The third-order valence-corrected chi connectivity index (χ3v) is 3.74. The average molecular weight is 247 g/mol. The van der Waals surface area contributed by atoms with Gasteiger partial charge >= 0.3 is 0 Å². The minimum absolute atomic E-state index is 0.163. The third-order valence-electron chi connectivity index (χ3n) is 3.74. The lowest BCUT2D eigenvalue weighted by Crippen LogP contribution is -2.42. The van der Waals surface area contributed by atoms with Crippen LogP contribution in [0.4, 0.5) is 0 Å². The van der Waals surface area contributed by atoms with Crippen LogP contribution in [0.25, 0.3) is 0 Å². The van der Waals surface area contributed by atoms with Gasteiger partial charge in [0, 0.05) is 11.6 Å². The molecule has 1 aliphatic heterocycles. The predicted octanol–water partition coefficient (Wildman–Crippen LogP) is 4.07. The Bertz CT molecular complexity index is 400. The molecule has 2 heteroatoms. The summed E-state index contributed by atoms with van der Waals surface area (Å²) in [5.41, 5.74) is 1.13. The van der Waals surface area contributed by atoms with E-state index in [4.69, 9.17) is 4.74 Å². The molecular formula is C16H25NO. The first-order valence-corrected chi connectivity index (χ1v) is 7.08. The molecular weight excluding hydrogens is 222 g/mol. The van der Waals surface area contributed by atoms with Crippen molar-refractivity contribution in [3.8, 4) is 5.75 Å². The molecule has 0 radical (unpaired) electrons. The van der Waals surface area contributed by atoms with Crippen LogP contribution in [0.2, 0.25) is 0 Å². The van der Waals surface area contributed by atoms with Crippen LogP contribution in [0.5, 0.6) is 5.75 Å². The molecule has 0 aliphatic carbocycles. The van der Waals surface area contributed by atoms with E-state index in [1.807, 2.05) is 6.07 Å². The quantitative estimate of drug-likeness (QED) is 0.847. The molecule has 0 amide bonds. The number of fused-ring (bicyclic) bond motifs is 1. The first-order chi connectivity index (χ1) is 8.54. The van der Waals surface area contributed by atoms with Crippen molar-refractivity contribution in [1.29, 1.82) is 0 Å². The Balaban J connectivity index is 2.11. The second kappa shape index (κ2) is 5.31. The normalized spacial score (nSPS) is 22.3. The zero-order chi connectivity index (χ0) is 13.2. The highest BCUT2D eigenvalue weighted by Gasteiger charge is 2.41. The zero-order valence-corrected chi connectivity index (χ0v) is 12.0. The minimum atomic E-state index is -0.163. The van der Waals surface area contributed by atoms with E-state index in [0.717, 1.165) is 5.75 Å². The Morgan fingerprint density at radius 1 is 1.33 bits per heavy atom. The maximum absolute atomic E-state index is 6.05. The smallest absolute Gasteiger partial charge is 0.125 e. The Hall–Kier alpha value is -1.02. The zero-order valence-electron chi connectivity index (χ0n) is 12.0. The fourth-order valence-electron chi connectivity index (χ4n) is 2.70. The Labute approximate surface area is 111 Å². The number of unbranched alkanes of at least 4 members (excludes halogenated alkanes) is 1. The Morgan fingerprint density at radius 2 is 2.06 bits per heavy atom. The summed E-state index contributed by atoms with van der Waals surface area (Å²) in [5, 5.41) is 3.74. The van der Waals surface area contributed by atoms with E-state index >= 15 is 0 Å². The maximum Gasteiger partial charge on any atom is 0.125 e. The highest BCUT2D eigenvalue weighted by atomic mass is 16.5. The first kappa shape index (κ1) is 13.4. The van der Waals surface area contributed by atoms with Gasteiger partial charge in [-0.3, -0.25) is 0 Å². The highest BCUT2D eigenvalue weighted by Crippen LogP contribution is 2.42. The van der Waals surface area contributed by atoms with Crippen molar-refractivity contribution in [2.45, 2.75) is 64.6 Å². The first-order valence-electron chi connectivity index (χ1n) is 7.08. The van der Waals surface area contributed by atoms with Gasteiger partial charge < -0.3 is 10.1 Å². The van der Waals surface area contributed by atoms with Gasteiger partial charge in [0.25, 0.3) is 0 Å². The molecule has 18 heavy (non-hydrogen) atoms. The molecule has 1 heterocycles. The number of para-hydroxylation sites is 1. The van der Waals surface area contributed by atoms with E-state index < -0.39 is 0 Å². The fraction of sp³-hybridized carbons (Fsp3) is 0.625. The summed E-state index contributed by atoms with van der Waals surface area (Å²) in [4.78, 5) is 0. The lowest BCUT2D eigenvalue weighted by molar-refractivity contribution is 0.0912. The van der Waals surface area contributed by atoms with E-state index in [9.17, 15) is 0 Å². The summed E-state index contributed by atoms with van der Waals surface area (Å²) in [6, 6.07) is 9.20. The number of hydrogen-bond donors (Lipinski definition) is 1. The highest BCUT2D eigenvalue weighted by molar-refractivity contribution is 5.42. The van der Waals surface area contributed by atoms with Crippen LogP contribution in [-0.4, -0.2) is 11.6 Å². The van der Waals surface area contributed by atoms with Crippen molar-refractivity contribution in [3.05, 3.63) is 29.8 Å². The van der Waals surface area contributed by atoms with E-state index in [1.165, 1.54) is 24.8 Å². The molecule has 0 bridgehead atoms. The largest absolute Gasteiger partial charge is 0.486 e. The standard InChI is InChI=1S/C16H25NO/c1-5-6-9-12(2)17-15-13-10-7-8-11-14(13)18-16(15,3)4/h7-8,10-12,15,17H,5-6,9H2,1-4H3. The van der Waals surface area contributed by atoms with Crippen LogP contribution < -0.4 is 10.1 Å². The van der Waals surface area contributed by atoms with Crippen molar-refractivity contribution in [2.24, 2.45) is 0 Å². The molecule has 0 saturated carbocycles. The Kier molecular flexibility index (Phi) is 3.96. The monoisotopic (exact) mass is 247 g/mol. The van der Waals surface area contributed by atoms with Gasteiger partial charge in [-0.2, -0.15) is 0 Å². The van der Waals surface area contributed by atoms with E-state index in [-0.39, 0.29) is 5.60 Å². The fourth-order valence-corrected chi connectivity index (χ4v) is 2.70. The van der Waals surface area contributed by atoms with E-state index in [2.05, 4.69) is 51.2 Å². The minimum Gasteiger partial charge on any atom is -0.486 e. The lowest BCUT2D eigenvalue weighted by atomic mass is 9.93.